The van der Waals surface area contributed by atoms with Crippen LogP contribution in [0.1, 0.15) is 34.9 Å². The Morgan fingerprint density at radius 1 is 0.914 bits per heavy atom. The minimum atomic E-state index is -1.15. The number of pyridine rings is 1. The number of Topliss-reactive ketones (excluding diaryl/α,β-unsaturated/α-hetero) is 1. The second-order valence-electron chi connectivity index (χ2n) is 7.69. The molecule has 35 heavy (non-hydrogen) atoms. The van der Waals surface area contributed by atoms with E-state index in [1.807, 2.05) is 18.2 Å². The summed E-state index contributed by atoms with van der Waals surface area (Å²) in [5.41, 5.74) is 2.08. The van der Waals surface area contributed by atoms with E-state index < -0.39 is 12.1 Å². The van der Waals surface area contributed by atoms with Gasteiger partial charge in [-0.1, -0.05) is 76.1 Å². The third kappa shape index (κ3) is 6.12. The van der Waals surface area contributed by atoms with Gasteiger partial charge in [0, 0.05) is 38.6 Å². The van der Waals surface area contributed by atoms with E-state index in [-0.39, 0.29) is 24.5 Å². The van der Waals surface area contributed by atoms with Crippen LogP contribution in [0.3, 0.4) is 0 Å². The van der Waals surface area contributed by atoms with Crippen molar-refractivity contribution < 1.29 is 19.1 Å². The minimum Gasteiger partial charge on any atom is -0.449 e. The van der Waals surface area contributed by atoms with Crippen molar-refractivity contribution in [1.29, 1.82) is 0 Å². The molecule has 0 saturated carbocycles. The van der Waals surface area contributed by atoms with Crippen molar-refractivity contribution in [2.75, 3.05) is 5.32 Å². The Balaban J connectivity index is 1.43. The first kappa shape index (κ1) is 24.6. The predicted octanol–water partition coefficient (Wildman–Crippen LogP) is 6.54. The van der Waals surface area contributed by atoms with Crippen LogP contribution in [0.15, 0.2) is 89.5 Å². The van der Waals surface area contributed by atoms with Crippen molar-refractivity contribution in [3.63, 3.8) is 0 Å². The highest BCUT2D eigenvalue weighted by Gasteiger charge is 2.26. The van der Waals surface area contributed by atoms with Gasteiger partial charge in [-0.25, -0.2) is 0 Å². The van der Waals surface area contributed by atoms with Gasteiger partial charge in [0.2, 0.25) is 11.7 Å². The molecular formula is C27H20BrClN2O4. The van der Waals surface area contributed by atoms with Gasteiger partial charge in [0.15, 0.2) is 6.10 Å². The smallest absolute Gasteiger partial charge is 0.307 e. The molecule has 3 aromatic carbocycles. The molecule has 0 radical (unpaired) electrons. The van der Waals surface area contributed by atoms with E-state index in [9.17, 15) is 14.4 Å². The van der Waals surface area contributed by atoms with Crippen LogP contribution in [0.4, 0.5) is 5.69 Å². The van der Waals surface area contributed by atoms with Crippen LogP contribution in [-0.2, 0) is 14.3 Å². The maximum Gasteiger partial charge on any atom is 0.307 e. The third-order valence-corrected chi connectivity index (χ3v) is 6.21. The lowest BCUT2D eigenvalue weighted by atomic mass is 10.00. The summed E-state index contributed by atoms with van der Waals surface area (Å²) in [5, 5.41) is 4.15. The Morgan fingerprint density at radius 3 is 2.40 bits per heavy atom. The van der Waals surface area contributed by atoms with Gasteiger partial charge in [0.25, 0.3) is 0 Å². The van der Waals surface area contributed by atoms with Gasteiger partial charge in [-0.05, 0) is 30.3 Å². The van der Waals surface area contributed by atoms with Crippen LogP contribution >= 0.6 is 27.5 Å². The highest BCUT2D eigenvalue weighted by atomic mass is 79.9. The fraction of sp³-hybridized carbons (Fsp3) is 0.111. The number of ether oxygens (including phenoxy) is 1. The molecule has 0 saturated heterocycles. The number of fused-ring (bicyclic) bond motifs is 1. The van der Waals surface area contributed by atoms with Gasteiger partial charge in [0.05, 0.1) is 17.6 Å². The summed E-state index contributed by atoms with van der Waals surface area (Å²) in [6, 6.07) is 22.4. The van der Waals surface area contributed by atoms with Crippen LogP contribution in [-0.4, -0.2) is 22.6 Å². The Kier molecular flexibility index (Phi) is 7.90. The number of nitrogens with zero attached hydrogens (tertiary/aromatic N) is 1. The first-order valence-electron chi connectivity index (χ1n) is 10.8. The van der Waals surface area contributed by atoms with Crippen LogP contribution in [0, 0.1) is 0 Å². The number of rotatable bonds is 8. The fourth-order valence-electron chi connectivity index (χ4n) is 3.52. The number of aromatic nitrogens is 1. The molecule has 1 N–H and O–H groups in total. The van der Waals surface area contributed by atoms with E-state index in [1.54, 1.807) is 66.9 Å². The van der Waals surface area contributed by atoms with Crippen LogP contribution < -0.4 is 5.32 Å². The maximum atomic E-state index is 13.1. The van der Waals surface area contributed by atoms with Crippen molar-refractivity contribution >= 4 is 61.8 Å². The van der Waals surface area contributed by atoms with Gasteiger partial charge in [-0.2, -0.15) is 0 Å². The Labute approximate surface area is 215 Å². The Morgan fingerprint density at radius 2 is 1.66 bits per heavy atom. The van der Waals surface area contributed by atoms with E-state index in [1.165, 1.54) is 0 Å². The second-order valence-corrected chi connectivity index (χ2v) is 8.99. The van der Waals surface area contributed by atoms with Crippen molar-refractivity contribution in [1.82, 2.24) is 4.98 Å². The minimum absolute atomic E-state index is 0.115. The van der Waals surface area contributed by atoms with E-state index in [2.05, 4.69) is 26.2 Å². The monoisotopic (exact) mass is 550 g/mol. The summed E-state index contributed by atoms with van der Waals surface area (Å²) in [5.74, 6) is -1.39. The zero-order chi connectivity index (χ0) is 24.8. The number of anilines is 1. The fourth-order valence-corrected chi connectivity index (χ4v) is 4.10. The summed E-state index contributed by atoms with van der Waals surface area (Å²) in [6.07, 6.45) is 0.183. The van der Waals surface area contributed by atoms with E-state index in [0.29, 0.717) is 27.4 Å². The second kappa shape index (κ2) is 11.3. The molecule has 1 atom stereocenters. The summed E-state index contributed by atoms with van der Waals surface area (Å²) >= 11 is 9.44. The molecule has 0 aliphatic heterocycles. The quantitative estimate of drug-likeness (QED) is 0.199. The van der Waals surface area contributed by atoms with Crippen LogP contribution in [0.5, 0.6) is 0 Å². The number of carbonyl (C=O) groups excluding carboxylic acids is 3. The predicted molar refractivity (Wildman–Crippen MR) is 138 cm³/mol. The molecule has 1 amide bonds. The van der Waals surface area contributed by atoms with Crippen molar-refractivity contribution in [3.8, 4) is 0 Å². The molecule has 0 spiro atoms. The molecule has 8 heteroatoms. The molecule has 6 nitrogen and oxygen atoms in total. The third-order valence-electron chi connectivity index (χ3n) is 5.27. The summed E-state index contributed by atoms with van der Waals surface area (Å²) in [6.45, 7) is 0. The number of hydrogen-bond acceptors (Lipinski definition) is 5. The van der Waals surface area contributed by atoms with Gasteiger partial charge in [0.1, 0.15) is 0 Å². The van der Waals surface area contributed by atoms with E-state index in [4.69, 9.17) is 16.3 Å². The Bertz CT molecular complexity index is 1380. The lowest BCUT2D eigenvalue weighted by Gasteiger charge is -2.18. The standard InChI is InChI=1S/C27H20BrClN2O4/c28-21-12-13-22(25-20(21)7-4-16-30-25)31-23(32)14-15-24(33)35-27(18-8-10-19(29)11-9-18)26(34)17-5-2-1-3-6-17/h1-13,16,27H,14-15H2,(H,31,32)/t27-/m0/s1. The van der Waals surface area contributed by atoms with Gasteiger partial charge < -0.3 is 10.1 Å². The molecule has 176 valence electrons. The zero-order valence-corrected chi connectivity index (χ0v) is 20.8. The van der Waals surface area contributed by atoms with Gasteiger partial charge in [-0.15, -0.1) is 0 Å². The molecule has 4 rings (SSSR count). The number of nitrogens with one attached hydrogen (secondary N) is 1. The summed E-state index contributed by atoms with van der Waals surface area (Å²) in [7, 11) is 0. The average molecular weight is 552 g/mol. The van der Waals surface area contributed by atoms with E-state index >= 15 is 0 Å². The molecule has 1 heterocycles. The topological polar surface area (TPSA) is 85.4 Å². The highest BCUT2D eigenvalue weighted by Crippen LogP contribution is 2.29. The number of amides is 1. The normalized spacial score (nSPS) is 11.6. The highest BCUT2D eigenvalue weighted by molar-refractivity contribution is 9.10. The molecule has 4 aromatic rings. The van der Waals surface area contributed by atoms with Crippen molar-refractivity contribution in [2.24, 2.45) is 0 Å². The largest absolute Gasteiger partial charge is 0.449 e. The zero-order valence-electron chi connectivity index (χ0n) is 18.4. The molecular weight excluding hydrogens is 532 g/mol. The van der Waals surface area contributed by atoms with Crippen LogP contribution in [0.25, 0.3) is 10.9 Å². The average Bonchev–Trinajstić information content (AvgIpc) is 2.88. The number of benzene rings is 3. The number of esters is 1. The summed E-state index contributed by atoms with van der Waals surface area (Å²) < 4.78 is 6.41. The van der Waals surface area contributed by atoms with Gasteiger partial charge in [-0.3, -0.25) is 19.4 Å². The lowest BCUT2D eigenvalue weighted by molar-refractivity contribution is -0.148. The molecule has 0 aliphatic rings. The maximum absolute atomic E-state index is 13.1. The van der Waals surface area contributed by atoms with Gasteiger partial charge >= 0.3 is 5.97 Å². The van der Waals surface area contributed by atoms with Crippen molar-refractivity contribution in [3.05, 3.63) is 106 Å². The SMILES string of the molecule is O=C(CCC(=O)O[C@H](C(=O)c1ccccc1)c1ccc(Cl)cc1)Nc1ccc(Br)c2cccnc12. The molecule has 0 fully saturated rings. The number of carbonyl (C=O) groups is 3. The number of hydrogen-bond donors (Lipinski definition) is 1. The molecule has 0 unspecified atom stereocenters. The van der Waals surface area contributed by atoms with Crippen LogP contribution in [0.2, 0.25) is 5.02 Å². The van der Waals surface area contributed by atoms with E-state index in [0.717, 1.165) is 9.86 Å². The first-order valence-corrected chi connectivity index (χ1v) is 12.0. The molecule has 1 aromatic heterocycles. The number of ketones is 1. The first-order chi connectivity index (χ1) is 16.9. The molecule has 0 aliphatic carbocycles. The number of halogens is 2. The Hall–Kier alpha value is -3.55. The molecule has 0 bridgehead atoms. The van der Waals surface area contributed by atoms with Crippen molar-refractivity contribution in [2.45, 2.75) is 18.9 Å². The summed E-state index contributed by atoms with van der Waals surface area (Å²) in [4.78, 5) is 42.6. The lowest BCUT2D eigenvalue weighted by Crippen LogP contribution is -2.21.